The lowest BCUT2D eigenvalue weighted by Crippen LogP contribution is -2.45. The maximum Gasteiger partial charge on any atom is 0.223 e. The SMILES string of the molecule is COc1ccc(CCNC(=O)[C@H]2CC[C@@H](O)[C@H](N)C2)cc1OC. The van der Waals surface area contributed by atoms with Gasteiger partial charge in [0.2, 0.25) is 5.91 Å². The number of methoxy groups -OCH3 is 2. The number of nitrogens with one attached hydrogen (secondary N) is 1. The topological polar surface area (TPSA) is 93.8 Å². The van der Waals surface area contributed by atoms with Gasteiger partial charge in [0.15, 0.2) is 11.5 Å². The zero-order chi connectivity index (χ0) is 16.8. The summed E-state index contributed by atoms with van der Waals surface area (Å²) in [6.45, 7) is 0.558. The molecule has 0 unspecified atom stereocenters. The third-order valence-electron chi connectivity index (χ3n) is 4.39. The van der Waals surface area contributed by atoms with Gasteiger partial charge in [0.25, 0.3) is 0 Å². The fourth-order valence-electron chi connectivity index (χ4n) is 2.94. The van der Waals surface area contributed by atoms with Gasteiger partial charge in [0, 0.05) is 18.5 Å². The van der Waals surface area contributed by atoms with E-state index in [2.05, 4.69) is 5.32 Å². The van der Waals surface area contributed by atoms with Crippen molar-refractivity contribution in [2.75, 3.05) is 20.8 Å². The van der Waals surface area contributed by atoms with Crippen LogP contribution in [0.5, 0.6) is 11.5 Å². The molecule has 0 aliphatic heterocycles. The highest BCUT2D eigenvalue weighted by Crippen LogP contribution is 2.27. The number of ether oxygens (including phenoxy) is 2. The molecule has 3 atom stereocenters. The van der Waals surface area contributed by atoms with E-state index in [1.165, 1.54) is 0 Å². The van der Waals surface area contributed by atoms with E-state index in [4.69, 9.17) is 15.2 Å². The number of carbonyl (C=O) groups is 1. The molecule has 2 rings (SSSR count). The van der Waals surface area contributed by atoms with Crippen LogP contribution in [0.15, 0.2) is 18.2 Å². The Labute approximate surface area is 137 Å². The van der Waals surface area contributed by atoms with Crippen molar-refractivity contribution in [3.05, 3.63) is 23.8 Å². The fraction of sp³-hybridized carbons (Fsp3) is 0.588. The average Bonchev–Trinajstić information content (AvgIpc) is 2.57. The molecule has 1 aromatic rings. The van der Waals surface area contributed by atoms with Crippen molar-refractivity contribution in [3.63, 3.8) is 0 Å². The van der Waals surface area contributed by atoms with E-state index in [1.54, 1.807) is 14.2 Å². The number of hydrogen-bond donors (Lipinski definition) is 3. The lowest BCUT2D eigenvalue weighted by molar-refractivity contribution is -0.126. The Balaban J connectivity index is 1.81. The molecule has 0 aromatic heterocycles. The van der Waals surface area contributed by atoms with Crippen LogP contribution < -0.4 is 20.5 Å². The number of benzene rings is 1. The van der Waals surface area contributed by atoms with Crippen molar-refractivity contribution in [3.8, 4) is 11.5 Å². The molecular weight excluding hydrogens is 296 g/mol. The Kier molecular flexibility index (Phi) is 6.24. The van der Waals surface area contributed by atoms with E-state index >= 15 is 0 Å². The molecule has 0 heterocycles. The molecule has 6 nitrogen and oxygen atoms in total. The van der Waals surface area contributed by atoms with Crippen molar-refractivity contribution >= 4 is 5.91 Å². The van der Waals surface area contributed by atoms with Crippen LogP contribution in [0, 0.1) is 5.92 Å². The second-order valence-electron chi connectivity index (χ2n) is 5.97. The number of aliphatic hydroxyl groups excluding tert-OH is 1. The van der Waals surface area contributed by atoms with E-state index in [9.17, 15) is 9.90 Å². The van der Waals surface area contributed by atoms with Crippen LogP contribution in [0.1, 0.15) is 24.8 Å². The maximum absolute atomic E-state index is 12.2. The molecule has 0 saturated heterocycles. The van der Waals surface area contributed by atoms with Gasteiger partial charge in [-0.15, -0.1) is 0 Å². The van der Waals surface area contributed by atoms with Crippen molar-refractivity contribution in [2.24, 2.45) is 11.7 Å². The smallest absolute Gasteiger partial charge is 0.223 e. The second kappa shape index (κ2) is 8.17. The molecule has 6 heteroatoms. The first-order valence-electron chi connectivity index (χ1n) is 7.97. The van der Waals surface area contributed by atoms with Crippen molar-refractivity contribution in [1.82, 2.24) is 5.32 Å². The Hall–Kier alpha value is -1.79. The standard InChI is InChI=1S/C17H26N2O4/c1-22-15-6-3-11(9-16(15)23-2)7-8-19-17(21)12-4-5-14(20)13(18)10-12/h3,6,9,12-14,20H,4-5,7-8,10,18H2,1-2H3,(H,19,21)/t12-,13+,14+/m0/s1. The number of amides is 1. The first kappa shape index (κ1) is 17.6. The van der Waals surface area contributed by atoms with Crippen LogP contribution in [0.3, 0.4) is 0 Å². The monoisotopic (exact) mass is 322 g/mol. The first-order chi connectivity index (χ1) is 11.0. The average molecular weight is 322 g/mol. The first-order valence-corrected chi connectivity index (χ1v) is 7.97. The van der Waals surface area contributed by atoms with Gasteiger partial charge in [-0.25, -0.2) is 0 Å². The Morgan fingerprint density at radius 1 is 1.30 bits per heavy atom. The lowest BCUT2D eigenvalue weighted by Gasteiger charge is -2.30. The summed E-state index contributed by atoms with van der Waals surface area (Å²) >= 11 is 0. The summed E-state index contributed by atoms with van der Waals surface area (Å²) in [6, 6.07) is 5.43. The summed E-state index contributed by atoms with van der Waals surface area (Å²) < 4.78 is 10.5. The highest BCUT2D eigenvalue weighted by Gasteiger charge is 2.30. The molecular formula is C17H26N2O4. The minimum atomic E-state index is -0.481. The van der Waals surface area contributed by atoms with Crippen molar-refractivity contribution in [1.29, 1.82) is 0 Å². The second-order valence-corrected chi connectivity index (χ2v) is 5.97. The summed E-state index contributed by atoms with van der Waals surface area (Å²) in [5.74, 6) is 1.30. The van der Waals surface area contributed by atoms with Crippen molar-refractivity contribution < 1.29 is 19.4 Å². The molecule has 4 N–H and O–H groups in total. The molecule has 1 aromatic carbocycles. The van der Waals surface area contributed by atoms with Crippen molar-refractivity contribution in [2.45, 2.75) is 37.8 Å². The Morgan fingerprint density at radius 3 is 2.70 bits per heavy atom. The number of rotatable bonds is 6. The van der Waals surface area contributed by atoms with Gasteiger partial charge in [0.05, 0.1) is 20.3 Å². The molecule has 1 aliphatic carbocycles. The van der Waals surface area contributed by atoms with Gasteiger partial charge < -0.3 is 25.6 Å². The molecule has 0 bridgehead atoms. The molecule has 0 spiro atoms. The van der Waals surface area contributed by atoms with Crippen LogP contribution in [0.4, 0.5) is 0 Å². The molecule has 128 valence electrons. The molecule has 23 heavy (non-hydrogen) atoms. The summed E-state index contributed by atoms with van der Waals surface area (Å²) in [5.41, 5.74) is 6.90. The normalized spacial score (nSPS) is 24.1. The number of nitrogens with two attached hydrogens (primary N) is 1. The van der Waals surface area contributed by atoms with E-state index < -0.39 is 6.10 Å². The molecule has 1 saturated carbocycles. The zero-order valence-corrected chi connectivity index (χ0v) is 13.7. The van der Waals surface area contributed by atoms with E-state index in [0.717, 1.165) is 5.56 Å². The number of aliphatic hydroxyl groups is 1. The molecule has 1 fully saturated rings. The minimum absolute atomic E-state index is 0.0211. The predicted molar refractivity (Wildman–Crippen MR) is 87.6 cm³/mol. The third kappa shape index (κ3) is 4.59. The summed E-state index contributed by atoms with van der Waals surface area (Å²) in [5, 5.41) is 12.6. The predicted octanol–water partition coefficient (Wildman–Crippen LogP) is 0.851. The molecule has 1 amide bonds. The molecule has 0 radical (unpaired) electrons. The number of hydrogen-bond acceptors (Lipinski definition) is 5. The van der Waals surface area contributed by atoms with Gasteiger partial charge in [-0.1, -0.05) is 6.07 Å². The van der Waals surface area contributed by atoms with Crippen LogP contribution in [0.2, 0.25) is 0 Å². The fourth-order valence-corrected chi connectivity index (χ4v) is 2.94. The van der Waals surface area contributed by atoms with E-state index in [1.807, 2.05) is 18.2 Å². The Morgan fingerprint density at radius 2 is 2.04 bits per heavy atom. The maximum atomic E-state index is 12.2. The van der Waals surface area contributed by atoms with Crippen LogP contribution in [-0.4, -0.2) is 43.9 Å². The number of carbonyl (C=O) groups excluding carboxylic acids is 1. The van der Waals surface area contributed by atoms with E-state index in [-0.39, 0.29) is 17.9 Å². The van der Waals surface area contributed by atoms with Crippen LogP contribution in [-0.2, 0) is 11.2 Å². The lowest BCUT2D eigenvalue weighted by atomic mass is 9.83. The van der Waals surface area contributed by atoms with E-state index in [0.29, 0.717) is 43.7 Å². The van der Waals surface area contributed by atoms with Gasteiger partial charge >= 0.3 is 0 Å². The van der Waals surface area contributed by atoms with Crippen LogP contribution in [0.25, 0.3) is 0 Å². The van der Waals surface area contributed by atoms with Gasteiger partial charge in [-0.05, 0) is 43.4 Å². The quantitative estimate of drug-likeness (QED) is 0.722. The Bertz CT molecular complexity index is 535. The molecule has 1 aliphatic rings. The highest BCUT2D eigenvalue weighted by molar-refractivity contribution is 5.78. The van der Waals surface area contributed by atoms with Crippen LogP contribution >= 0.6 is 0 Å². The van der Waals surface area contributed by atoms with Gasteiger partial charge in [-0.2, -0.15) is 0 Å². The van der Waals surface area contributed by atoms with Gasteiger partial charge in [0.1, 0.15) is 0 Å². The van der Waals surface area contributed by atoms with Gasteiger partial charge in [-0.3, -0.25) is 4.79 Å². The summed E-state index contributed by atoms with van der Waals surface area (Å²) in [7, 11) is 3.20. The zero-order valence-electron chi connectivity index (χ0n) is 13.7. The third-order valence-corrected chi connectivity index (χ3v) is 4.39. The largest absolute Gasteiger partial charge is 0.493 e. The summed E-state index contributed by atoms with van der Waals surface area (Å²) in [6.07, 6.45) is 2.06. The summed E-state index contributed by atoms with van der Waals surface area (Å²) in [4.78, 5) is 12.2. The minimum Gasteiger partial charge on any atom is -0.493 e. The highest BCUT2D eigenvalue weighted by atomic mass is 16.5.